The molecular formula is C19H28N2O4. The minimum atomic E-state index is -0.188. The molecule has 1 aromatic carbocycles. The number of fused-ring (bicyclic) bond motifs is 1. The van der Waals surface area contributed by atoms with Crippen molar-refractivity contribution in [1.29, 1.82) is 0 Å². The van der Waals surface area contributed by atoms with Crippen LogP contribution in [-0.2, 0) is 11.2 Å². The average Bonchev–Trinajstić information content (AvgIpc) is 2.66. The third-order valence-corrected chi connectivity index (χ3v) is 4.97. The van der Waals surface area contributed by atoms with Crippen LogP contribution in [0.5, 0.6) is 11.5 Å². The number of amides is 1. The monoisotopic (exact) mass is 348 g/mol. The second-order valence-electron chi connectivity index (χ2n) is 6.70. The zero-order valence-corrected chi connectivity index (χ0v) is 15.1. The van der Waals surface area contributed by atoms with Crippen LogP contribution in [0.4, 0.5) is 4.79 Å². The van der Waals surface area contributed by atoms with Crippen LogP contribution >= 0.6 is 0 Å². The number of hydrogen-bond donors (Lipinski definition) is 1. The molecule has 0 saturated carbocycles. The number of methoxy groups -OCH3 is 1. The van der Waals surface area contributed by atoms with Crippen LogP contribution in [0.3, 0.4) is 0 Å². The number of ether oxygens (including phenoxy) is 3. The van der Waals surface area contributed by atoms with E-state index in [9.17, 15) is 4.79 Å². The molecule has 1 amide bonds. The minimum absolute atomic E-state index is 0.188. The highest BCUT2D eigenvalue weighted by atomic mass is 16.6. The Kier molecular flexibility index (Phi) is 6.02. The molecule has 0 unspecified atom stereocenters. The number of carbonyl (C=O) groups is 1. The van der Waals surface area contributed by atoms with Crippen molar-refractivity contribution < 1.29 is 19.0 Å². The summed E-state index contributed by atoms with van der Waals surface area (Å²) in [4.78, 5) is 13.5. The normalized spacial score (nSPS) is 20.6. The molecular weight excluding hydrogens is 320 g/mol. The predicted molar refractivity (Wildman–Crippen MR) is 95.3 cm³/mol. The van der Waals surface area contributed by atoms with Crippen LogP contribution in [-0.4, -0.2) is 57.0 Å². The largest absolute Gasteiger partial charge is 0.493 e. The lowest BCUT2D eigenvalue weighted by atomic mass is 9.95. The maximum atomic E-state index is 11.7. The van der Waals surface area contributed by atoms with E-state index in [4.69, 9.17) is 14.2 Å². The average molecular weight is 348 g/mol. The lowest BCUT2D eigenvalue weighted by Gasteiger charge is -2.33. The summed E-state index contributed by atoms with van der Waals surface area (Å²) >= 11 is 0. The summed E-state index contributed by atoms with van der Waals surface area (Å²) in [5, 5.41) is 3.65. The molecule has 0 bridgehead atoms. The van der Waals surface area contributed by atoms with Crippen LogP contribution in [0.25, 0.3) is 0 Å². The quantitative estimate of drug-likeness (QED) is 0.886. The molecule has 3 rings (SSSR count). The second-order valence-corrected chi connectivity index (χ2v) is 6.70. The third-order valence-electron chi connectivity index (χ3n) is 4.97. The van der Waals surface area contributed by atoms with Crippen molar-refractivity contribution in [2.24, 2.45) is 5.92 Å². The van der Waals surface area contributed by atoms with Crippen molar-refractivity contribution in [2.45, 2.75) is 32.2 Å². The standard InChI is InChI=1S/C19H28N2O4/c1-3-24-19(22)21-9-7-16(8-10-21)20-12-14-11-15-5-4-6-17(23-2)18(15)25-13-14/h4-6,14,16,20H,3,7-13H2,1-2H3/t14-/m0/s1. The van der Waals surface area contributed by atoms with Gasteiger partial charge in [0.15, 0.2) is 11.5 Å². The maximum Gasteiger partial charge on any atom is 0.409 e. The topological polar surface area (TPSA) is 60.0 Å². The molecule has 6 heteroatoms. The van der Waals surface area contributed by atoms with Crippen molar-refractivity contribution in [1.82, 2.24) is 10.2 Å². The summed E-state index contributed by atoms with van der Waals surface area (Å²) in [6.07, 6.45) is 2.75. The Bertz CT molecular complexity index is 585. The van der Waals surface area contributed by atoms with Gasteiger partial charge in [-0.15, -0.1) is 0 Å². The lowest BCUT2D eigenvalue weighted by molar-refractivity contribution is 0.0943. The molecule has 2 aliphatic rings. The van der Waals surface area contributed by atoms with Gasteiger partial charge in [-0.25, -0.2) is 4.79 Å². The summed E-state index contributed by atoms with van der Waals surface area (Å²) < 4.78 is 16.4. The van der Waals surface area contributed by atoms with E-state index in [0.29, 0.717) is 25.2 Å². The van der Waals surface area contributed by atoms with E-state index in [1.54, 1.807) is 12.0 Å². The van der Waals surface area contributed by atoms with Gasteiger partial charge in [0.2, 0.25) is 0 Å². The first-order chi connectivity index (χ1) is 12.2. The van der Waals surface area contributed by atoms with Gasteiger partial charge in [0.25, 0.3) is 0 Å². The van der Waals surface area contributed by atoms with E-state index in [-0.39, 0.29) is 6.09 Å². The molecule has 6 nitrogen and oxygen atoms in total. The van der Waals surface area contributed by atoms with Gasteiger partial charge < -0.3 is 24.4 Å². The third kappa shape index (κ3) is 4.37. The van der Waals surface area contributed by atoms with E-state index in [1.165, 1.54) is 5.56 Å². The molecule has 0 radical (unpaired) electrons. The number of hydrogen-bond acceptors (Lipinski definition) is 5. The van der Waals surface area contributed by atoms with Gasteiger partial charge in [0.05, 0.1) is 20.3 Å². The van der Waals surface area contributed by atoms with Gasteiger partial charge in [0.1, 0.15) is 0 Å². The van der Waals surface area contributed by atoms with Gasteiger partial charge in [-0.1, -0.05) is 12.1 Å². The van der Waals surface area contributed by atoms with Crippen molar-refractivity contribution in [3.63, 3.8) is 0 Å². The van der Waals surface area contributed by atoms with E-state index in [1.807, 2.05) is 19.1 Å². The first-order valence-corrected chi connectivity index (χ1v) is 9.15. The van der Waals surface area contributed by atoms with Gasteiger partial charge in [0, 0.05) is 31.6 Å². The molecule has 25 heavy (non-hydrogen) atoms. The number of carbonyl (C=O) groups excluding carboxylic acids is 1. The summed E-state index contributed by atoms with van der Waals surface area (Å²) in [5.74, 6) is 2.17. The molecule has 0 spiro atoms. The number of nitrogens with one attached hydrogen (secondary N) is 1. The van der Waals surface area contributed by atoms with E-state index in [0.717, 1.165) is 50.4 Å². The van der Waals surface area contributed by atoms with Crippen molar-refractivity contribution in [3.8, 4) is 11.5 Å². The summed E-state index contributed by atoms with van der Waals surface area (Å²) in [6.45, 7) is 5.44. The predicted octanol–water partition coefficient (Wildman–Crippen LogP) is 2.46. The van der Waals surface area contributed by atoms with E-state index >= 15 is 0 Å². The Morgan fingerprint density at radius 3 is 2.88 bits per heavy atom. The number of para-hydroxylation sites is 1. The minimum Gasteiger partial charge on any atom is -0.493 e. The molecule has 2 aliphatic heterocycles. The molecule has 138 valence electrons. The Morgan fingerprint density at radius 2 is 2.16 bits per heavy atom. The number of benzene rings is 1. The van der Waals surface area contributed by atoms with Crippen molar-refractivity contribution >= 4 is 6.09 Å². The van der Waals surface area contributed by atoms with Gasteiger partial charge in [-0.05, 0) is 37.8 Å². The first kappa shape index (κ1) is 17.9. The fraction of sp³-hybridized carbons (Fsp3) is 0.632. The van der Waals surface area contributed by atoms with E-state index in [2.05, 4.69) is 11.4 Å². The zero-order valence-electron chi connectivity index (χ0n) is 15.1. The molecule has 1 atom stereocenters. The highest BCUT2D eigenvalue weighted by molar-refractivity contribution is 5.67. The molecule has 2 heterocycles. The van der Waals surface area contributed by atoms with E-state index < -0.39 is 0 Å². The van der Waals surface area contributed by atoms with Gasteiger partial charge in [-0.2, -0.15) is 0 Å². The van der Waals surface area contributed by atoms with Gasteiger partial charge >= 0.3 is 6.09 Å². The number of rotatable bonds is 5. The van der Waals surface area contributed by atoms with Crippen LogP contribution in [0.15, 0.2) is 18.2 Å². The van der Waals surface area contributed by atoms with Crippen LogP contribution in [0.2, 0.25) is 0 Å². The van der Waals surface area contributed by atoms with Crippen LogP contribution in [0.1, 0.15) is 25.3 Å². The molecule has 0 aromatic heterocycles. The highest BCUT2D eigenvalue weighted by Crippen LogP contribution is 2.35. The maximum absolute atomic E-state index is 11.7. The van der Waals surface area contributed by atoms with Crippen LogP contribution in [0, 0.1) is 5.92 Å². The smallest absolute Gasteiger partial charge is 0.409 e. The summed E-state index contributed by atoms with van der Waals surface area (Å²) in [6, 6.07) is 6.52. The van der Waals surface area contributed by atoms with Crippen LogP contribution < -0.4 is 14.8 Å². The van der Waals surface area contributed by atoms with Crippen molar-refractivity contribution in [3.05, 3.63) is 23.8 Å². The highest BCUT2D eigenvalue weighted by Gasteiger charge is 2.26. The Labute approximate surface area is 149 Å². The second kappa shape index (κ2) is 8.43. The fourth-order valence-electron chi connectivity index (χ4n) is 3.56. The van der Waals surface area contributed by atoms with Crippen molar-refractivity contribution in [2.75, 3.05) is 40.0 Å². The Morgan fingerprint density at radius 1 is 1.36 bits per heavy atom. The zero-order chi connectivity index (χ0) is 17.6. The number of likely N-dealkylation sites (tertiary alicyclic amines) is 1. The van der Waals surface area contributed by atoms with Gasteiger partial charge in [-0.3, -0.25) is 0 Å². The SMILES string of the molecule is CCOC(=O)N1CCC(NC[C@H]2COc3c(cccc3OC)C2)CC1. The molecule has 1 N–H and O–H groups in total. The molecule has 0 aliphatic carbocycles. The number of nitrogens with zero attached hydrogens (tertiary/aromatic N) is 1. The molecule has 1 aromatic rings. The first-order valence-electron chi connectivity index (χ1n) is 9.15. The Balaban J connectivity index is 1.44. The number of piperidine rings is 1. The molecule has 1 fully saturated rings. The summed E-state index contributed by atoms with van der Waals surface area (Å²) in [7, 11) is 1.68. The fourth-order valence-corrected chi connectivity index (χ4v) is 3.56. The lowest BCUT2D eigenvalue weighted by Crippen LogP contribution is -2.46. The summed E-state index contributed by atoms with van der Waals surface area (Å²) in [5.41, 5.74) is 1.22. The molecule has 1 saturated heterocycles. The Hall–Kier alpha value is -1.95.